The van der Waals surface area contributed by atoms with Crippen LogP contribution in [0.2, 0.25) is 0 Å². The van der Waals surface area contributed by atoms with Gasteiger partial charge in [-0.3, -0.25) is 0 Å². The van der Waals surface area contributed by atoms with E-state index in [0.717, 1.165) is 44.1 Å². The summed E-state index contributed by atoms with van der Waals surface area (Å²) in [5.41, 5.74) is 2.60. The molecule has 43 heavy (non-hydrogen) atoms. The summed E-state index contributed by atoms with van der Waals surface area (Å²) >= 11 is 0. The van der Waals surface area contributed by atoms with Crippen molar-refractivity contribution in [3.8, 4) is 5.75 Å². The summed E-state index contributed by atoms with van der Waals surface area (Å²) in [6, 6.07) is 4.09. The van der Waals surface area contributed by atoms with Crippen molar-refractivity contribution in [2.24, 2.45) is 0 Å². The highest BCUT2D eigenvalue weighted by Crippen LogP contribution is 2.38. The van der Waals surface area contributed by atoms with Gasteiger partial charge in [-0.15, -0.1) is 0 Å². The van der Waals surface area contributed by atoms with E-state index in [4.69, 9.17) is 14.2 Å². The van der Waals surface area contributed by atoms with E-state index < -0.39 is 0 Å². The van der Waals surface area contributed by atoms with Crippen LogP contribution in [0, 0.1) is 0 Å². The van der Waals surface area contributed by atoms with Gasteiger partial charge in [-0.25, -0.2) is 0 Å². The second-order valence-corrected chi connectivity index (χ2v) is 16.2. The standard InChI is InChI=1S/C39H66O4/c1-37(2,41-31-19-13-7-8-14-20-31)27-30-25-26-36(40)35(29-39(5,6)43-33-23-17-11-12-18-24-33)34(30)28-38(3,4)42-32-21-15-9-10-16-22-32/h25-26,31-33,40H,7-24,27-29H2,1-6H3. The highest BCUT2D eigenvalue weighted by atomic mass is 16.5. The number of rotatable bonds is 12. The minimum Gasteiger partial charge on any atom is -0.508 e. The summed E-state index contributed by atoms with van der Waals surface area (Å²) < 4.78 is 20.6. The van der Waals surface area contributed by atoms with Crippen LogP contribution in [0.4, 0.5) is 0 Å². The maximum atomic E-state index is 11.4. The number of ether oxygens (including phenoxy) is 3. The molecule has 0 aromatic heterocycles. The molecule has 4 nitrogen and oxygen atoms in total. The number of phenolic OH excluding ortho intramolecular Hbond substituents is 1. The first-order valence-electron chi connectivity index (χ1n) is 18.3. The van der Waals surface area contributed by atoms with Gasteiger partial charge >= 0.3 is 0 Å². The third-order valence-electron chi connectivity index (χ3n) is 10.2. The Bertz CT molecular complexity index is 956. The van der Waals surface area contributed by atoms with Crippen molar-refractivity contribution in [1.29, 1.82) is 0 Å². The summed E-state index contributed by atoms with van der Waals surface area (Å²) in [6.45, 7) is 13.5. The quantitative estimate of drug-likeness (QED) is 0.243. The zero-order chi connectivity index (χ0) is 30.9. The molecule has 3 saturated carbocycles. The van der Waals surface area contributed by atoms with E-state index in [1.54, 1.807) is 0 Å². The van der Waals surface area contributed by atoms with Crippen molar-refractivity contribution in [3.05, 3.63) is 28.8 Å². The van der Waals surface area contributed by atoms with Gasteiger partial charge in [0, 0.05) is 24.8 Å². The molecular formula is C39H66O4. The first-order valence-corrected chi connectivity index (χ1v) is 18.3. The minimum absolute atomic E-state index is 0.281. The number of hydrogen-bond acceptors (Lipinski definition) is 4. The summed E-state index contributed by atoms with van der Waals surface area (Å²) in [5, 5.41) is 11.4. The lowest BCUT2D eigenvalue weighted by Gasteiger charge is -2.36. The van der Waals surface area contributed by atoms with Gasteiger partial charge < -0.3 is 19.3 Å². The Morgan fingerprint density at radius 3 is 1.19 bits per heavy atom. The summed E-state index contributed by atoms with van der Waals surface area (Å²) in [4.78, 5) is 0. The van der Waals surface area contributed by atoms with Crippen LogP contribution < -0.4 is 0 Å². The molecule has 0 heterocycles. The SMILES string of the molecule is CC(C)(Cc1ccc(O)c(CC(C)(C)OC2CCCCCC2)c1CC(C)(C)OC1CCCCCC1)OC1CCCCCC1. The Morgan fingerprint density at radius 1 is 0.488 bits per heavy atom. The van der Waals surface area contributed by atoms with Gasteiger partial charge in [-0.2, -0.15) is 0 Å². The van der Waals surface area contributed by atoms with E-state index >= 15 is 0 Å². The lowest BCUT2D eigenvalue weighted by molar-refractivity contribution is -0.0812. The van der Waals surface area contributed by atoms with Crippen LogP contribution >= 0.6 is 0 Å². The van der Waals surface area contributed by atoms with E-state index in [9.17, 15) is 5.11 Å². The first kappa shape index (κ1) is 34.8. The molecule has 0 radical (unpaired) electrons. The zero-order valence-corrected chi connectivity index (χ0v) is 28.9. The maximum absolute atomic E-state index is 11.4. The van der Waals surface area contributed by atoms with Gasteiger partial charge in [0.15, 0.2) is 0 Å². The molecule has 3 aliphatic rings. The summed E-state index contributed by atoms with van der Waals surface area (Å²) in [5.74, 6) is 0.393. The number of hydrogen-bond donors (Lipinski definition) is 1. The molecule has 0 aliphatic heterocycles. The number of benzene rings is 1. The van der Waals surface area contributed by atoms with Crippen LogP contribution in [-0.2, 0) is 33.5 Å². The Morgan fingerprint density at radius 2 is 0.814 bits per heavy atom. The molecule has 3 aliphatic carbocycles. The molecular weight excluding hydrogens is 532 g/mol. The average molecular weight is 599 g/mol. The molecule has 4 heteroatoms. The summed E-state index contributed by atoms with van der Waals surface area (Å²) in [7, 11) is 0. The van der Waals surface area contributed by atoms with Crippen molar-refractivity contribution in [2.75, 3.05) is 0 Å². The smallest absolute Gasteiger partial charge is 0.119 e. The Hall–Kier alpha value is -1.10. The van der Waals surface area contributed by atoms with Gasteiger partial charge in [-0.1, -0.05) is 83.1 Å². The zero-order valence-electron chi connectivity index (χ0n) is 28.9. The fourth-order valence-corrected chi connectivity index (χ4v) is 8.18. The van der Waals surface area contributed by atoms with E-state index in [2.05, 4.69) is 47.6 Å². The highest BCUT2D eigenvalue weighted by molar-refractivity contribution is 5.46. The third-order valence-corrected chi connectivity index (χ3v) is 10.2. The minimum atomic E-state index is -0.363. The topological polar surface area (TPSA) is 47.9 Å². The molecule has 4 rings (SSSR count). The van der Waals surface area contributed by atoms with E-state index in [1.165, 1.54) is 101 Å². The second-order valence-electron chi connectivity index (χ2n) is 16.2. The Balaban J connectivity index is 1.60. The van der Waals surface area contributed by atoms with Crippen molar-refractivity contribution in [1.82, 2.24) is 0 Å². The predicted molar refractivity (Wildman–Crippen MR) is 179 cm³/mol. The van der Waals surface area contributed by atoms with Gasteiger partial charge in [-0.05, 0) is 97.3 Å². The first-order chi connectivity index (χ1) is 20.4. The molecule has 3 fully saturated rings. The predicted octanol–water partition coefficient (Wildman–Crippen LogP) is 10.6. The highest BCUT2D eigenvalue weighted by Gasteiger charge is 2.33. The molecule has 1 aromatic carbocycles. The van der Waals surface area contributed by atoms with E-state index in [0.29, 0.717) is 30.5 Å². The molecule has 0 spiro atoms. The largest absolute Gasteiger partial charge is 0.508 e. The maximum Gasteiger partial charge on any atom is 0.119 e. The van der Waals surface area contributed by atoms with Gasteiger partial charge in [0.05, 0.1) is 35.1 Å². The fraction of sp³-hybridized carbons (Fsp3) is 0.846. The third kappa shape index (κ3) is 11.6. The second kappa shape index (κ2) is 15.9. The van der Waals surface area contributed by atoms with E-state index in [1.807, 2.05) is 6.07 Å². The monoisotopic (exact) mass is 598 g/mol. The van der Waals surface area contributed by atoms with Crippen LogP contribution in [-0.4, -0.2) is 40.2 Å². The van der Waals surface area contributed by atoms with Gasteiger partial charge in [0.2, 0.25) is 0 Å². The van der Waals surface area contributed by atoms with Crippen LogP contribution in [0.25, 0.3) is 0 Å². The van der Waals surface area contributed by atoms with Crippen LogP contribution in [0.5, 0.6) is 5.75 Å². The molecule has 246 valence electrons. The Labute approximate surface area is 265 Å². The van der Waals surface area contributed by atoms with Crippen LogP contribution in [0.15, 0.2) is 12.1 Å². The van der Waals surface area contributed by atoms with Crippen molar-refractivity contribution in [2.45, 2.75) is 211 Å². The molecule has 0 amide bonds. The normalized spacial score (nSPS) is 21.3. The lowest BCUT2D eigenvalue weighted by Crippen LogP contribution is -2.37. The molecule has 1 aromatic rings. The van der Waals surface area contributed by atoms with Gasteiger partial charge in [0.25, 0.3) is 0 Å². The number of aromatic hydroxyl groups is 1. The average Bonchev–Trinajstić information content (AvgIpc) is 3.43. The van der Waals surface area contributed by atoms with Crippen molar-refractivity contribution < 1.29 is 19.3 Å². The fourth-order valence-electron chi connectivity index (χ4n) is 8.18. The van der Waals surface area contributed by atoms with Crippen molar-refractivity contribution >= 4 is 0 Å². The molecule has 0 saturated heterocycles. The number of phenols is 1. The van der Waals surface area contributed by atoms with Crippen LogP contribution in [0.3, 0.4) is 0 Å². The molecule has 0 atom stereocenters. The lowest BCUT2D eigenvalue weighted by atomic mass is 9.82. The van der Waals surface area contributed by atoms with Crippen LogP contribution in [0.1, 0.15) is 174 Å². The van der Waals surface area contributed by atoms with Crippen molar-refractivity contribution in [3.63, 3.8) is 0 Å². The molecule has 1 N–H and O–H groups in total. The molecule has 0 bridgehead atoms. The Kier molecular flexibility index (Phi) is 12.9. The molecule has 0 unspecified atom stereocenters. The van der Waals surface area contributed by atoms with E-state index in [-0.39, 0.29) is 16.8 Å². The van der Waals surface area contributed by atoms with Gasteiger partial charge in [0.1, 0.15) is 5.75 Å². The summed E-state index contributed by atoms with van der Waals surface area (Å²) in [6.07, 6.45) is 25.8.